The number of amides is 1. The third-order valence-corrected chi connectivity index (χ3v) is 3.79. The Morgan fingerprint density at radius 1 is 1.22 bits per heavy atom. The van der Waals surface area contributed by atoms with Crippen LogP contribution in [0.2, 0.25) is 0 Å². The molecule has 0 aliphatic rings. The molecular formula is C16H13F3N2OS. The molecule has 1 N–H and O–H groups in total. The average Bonchev–Trinajstić information content (AvgIpc) is 2.52. The monoisotopic (exact) mass is 338 g/mol. The highest BCUT2D eigenvalue weighted by Gasteiger charge is 2.27. The van der Waals surface area contributed by atoms with Crippen LogP contribution in [0.15, 0.2) is 59.8 Å². The van der Waals surface area contributed by atoms with Gasteiger partial charge in [0.15, 0.2) is 0 Å². The number of pyridine rings is 1. The molecule has 0 saturated carbocycles. The van der Waals surface area contributed by atoms with E-state index in [2.05, 4.69) is 10.3 Å². The maximum absolute atomic E-state index is 12.3. The summed E-state index contributed by atoms with van der Waals surface area (Å²) in [7, 11) is 0. The van der Waals surface area contributed by atoms with E-state index in [1.54, 1.807) is 48.8 Å². The van der Waals surface area contributed by atoms with Gasteiger partial charge in [-0.05, 0) is 29.8 Å². The number of aromatic nitrogens is 1. The highest BCUT2D eigenvalue weighted by Crippen LogP contribution is 2.32. The second kappa shape index (κ2) is 7.82. The van der Waals surface area contributed by atoms with Crippen LogP contribution in [0.1, 0.15) is 5.56 Å². The predicted molar refractivity (Wildman–Crippen MR) is 85.1 cm³/mol. The van der Waals surface area contributed by atoms with Gasteiger partial charge in [-0.3, -0.25) is 9.78 Å². The highest BCUT2D eigenvalue weighted by molar-refractivity contribution is 7.99. The smallest absolute Gasteiger partial charge is 0.321 e. The Labute approximate surface area is 135 Å². The number of thioether (sulfide) groups is 1. The Morgan fingerprint density at radius 3 is 2.70 bits per heavy atom. The molecule has 2 rings (SSSR count). The molecule has 2 aromatic rings. The predicted octanol–water partition coefficient (Wildman–Crippen LogP) is 4.39. The van der Waals surface area contributed by atoms with Crippen LogP contribution in [0.3, 0.4) is 0 Å². The number of halogens is 3. The summed E-state index contributed by atoms with van der Waals surface area (Å²) in [4.78, 5) is 16.2. The van der Waals surface area contributed by atoms with Crippen molar-refractivity contribution in [2.75, 3.05) is 11.1 Å². The van der Waals surface area contributed by atoms with Gasteiger partial charge in [0.1, 0.15) is 0 Å². The van der Waals surface area contributed by atoms with Crippen LogP contribution in [0.4, 0.5) is 18.9 Å². The molecule has 7 heteroatoms. The number of anilines is 1. The summed E-state index contributed by atoms with van der Waals surface area (Å²) in [5.41, 5.74) is 1.10. The van der Waals surface area contributed by atoms with Crippen LogP contribution >= 0.6 is 11.8 Å². The van der Waals surface area contributed by atoms with Crippen molar-refractivity contribution < 1.29 is 18.0 Å². The minimum Gasteiger partial charge on any atom is -0.321 e. The van der Waals surface area contributed by atoms with Gasteiger partial charge >= 0.3 is 6.18 Å². The Kier molecular flexibility index (Phi) is 5.81. The normalized spacial score (nSPS) is 11.6. The average molecular weight is 338 g/mol. The molecule has 0 radical (unpaired) electrons. The molecule has 23 heavy (non-hydrogen) atoms. The lowest BCUT2D eigenvalue weighted by Crippen LogP contribution is -2.12. The number of carbonyl (C=O) groups excluding carboxylic acids is 1. The van der Waals surface area contributed by atoms with E-state index >= 15 is 0 Å². The number of hydrogen-bond acceptors (Lipinski definition) is 3. The van der Waals surface area contributed by atoms with Gasteiger partial charge < -0.3 is 5.32 Å². The topological polar surface area (TPSA) is 42.0 Å². The van der Waals surface area contributed by atoms with Gasteiger partial charge in [-0.15, -0.1) is 11.8 Å². The van der Waals surface area contributed by atoms with Crippen molar-refractivity contribution >= 4 is 29.4 Å². The van der Waals surface area contributed by atoms with Crippen LogP contribution in [-0.2, 0) is 4.79 Å². The van der Waals surface area contributed by atoms with E-state index in [1.165, 1.54) is 12.1 Å². The third kappa shape index (κ3) is 6.15. The zero-order valence-electron chi connectivity index (χ0n) is 11.9. The van der Waals surface area contributed by atoms with Gasteiger partial charge in [-0.25, -0.2) is 0 Å². The van der Waals surface area contributed by atoms with Gasteiger partial charge in [-0.1, -0.05) is 18.2 Å². The lowest BCUT2D eigenvalue weighted by atomic mass is 10.2. The Morgan fingerprint density at radius 2 is 2.00 bits per heavy atom. The van der Waals surface area contributed by atoms with Crippen LogP contribution in [0.25, 0.3) is 6.08 Å². The number of carbonyl (C=O) groups is 1. The Balaban J connectivity index is 2.02. The number of para-hydroxylation sites is 1. The molecule has 0 bridgehead atoms. The molecular weight excluding hydrogens is 325 g/mol. The van der Waals surface area contributed by atoms with Crippen molar-refractivity contribution in [3.8, 4) is 0 Å². The van der Waals surface area contributed by atoms with E-state index in [4.69, 9.17) is 0 Å². The summed E-state index contributed by atoms with van der Waals surface area (Å²) in [5, 5.41) is 2.58. The van der Waals surface area contributed by atoms with Gasteiger partial charge in [0, 0.05) is 23.4 Å². The number of benzene rings is 1. The van der Waals surface area contributed by atoms with Gasteiger partial charge in [0.05, 0.1) is 11.4 Å². The van der Waals surface area contributed by atoms with Crippen molar-refractivity contribution in [2.45, 2.75) is 11.1 Å². The zero-order chi connectivity index (χ0) is 16.7. The maximum atomic E-state index is 12.3. The quantitative estimate of drug-likeness (QED) is 0.649. The van der Waals surface area contributed by atoms with Gasteiger partial charge in [0.2, 0.25) is 5.91 Å². The molecule has 1 aromatic heterocycles. The fourth-order valence-electron chi connectivity index (χ4n) is 1.68. The summed E-state index contributed by atoms with van der Waals surface area (Å²) in [5.74, 6) is -1.43. The minimum absolute atomic E-state index is 0.350. The molecule has 0 aliphatic heterocycles. The summed E-state index contributed by atoms with van der Waals surface area (Å²) >= 11 is 0.637. The number of nitrogens with one attached hydrogen (secondary N) is 1. The van der Waals surface area contributed by atoms with E-state index in [-0.39, 0.29) is 0 Å². The molecule has 0 spiro atoms. The molecule has 1 aromatic carbocycles. The van der Waals surface area contributed by atoms with Gasteiger partial charge in [-0.2, -0.15) is 13.2 Å². The van der Waals surface area contributed by atoms with E-state index < -0.39 is 17.8 Å². The molecule has 120 valence electrons. The molecule has 0 saturated heterocycles. The Hall–Kier alpha value is -2.28. The second-order valence-electron chi connectivity index (χ2n) is 4.51. The molecule has 0 aliphatic carbocycles. The SMILES string of the molecule is O=C(/C=C/c1cccnc1)Nc1ccccc1SCC(F)(F)F. The molecule has 0 unspecified atom stereocenters. The van der Waals surface area contributed by atoms with E-state index in [0.29, 0.717) is 22.3 Å². The third-order valence-electron chi connectivity index (χ3n) is 2.65. The molecule has 1 heterocycles. The first kappa shape index (κ1) is 17.1. The van der Waals surface area contributed by atoms with Crippen LogP contribution in [0.5, 0.6) is 0 Å². The van der Waals surface area contributed by atoms with Crippen molar-refractivity contribution in [2.24, 2.45) is 0 Å². The van der Waals surface area contributed by atoms with Crippen molar-refractivity contribution in [1.82, 2.24) is 4.98 Å². The van der Waals surface area contributed by atoms with Crippen molar-refractivity contribution in [1.29, 1.82) is 0 Å². The fraction of sp³-hybridized carbons (Fsp3) is 0.125. The lowest BCUT2D eigenvalue weighted by molar-refractivity contribution is -0.111. The second-order valence-corrected chi connectivity index (χ2v) is 5.53. The first-order valence-corrected chi connectivity index (χ1v) is 7.60. The van der Waals surface area contributed by atoms with Crippen LogP contribution in [0, 0.1) is 0 Å². The van der Waals surface area contributed by atoms with Crippen LogP contribution < -0.4 is 5.32 Å². The first-order valence-electron chi connectivity index (χ1n) is 6.62. The number of rotatable bonds is 5. The fourth-order valence-corrected chi connectivity index (χ4v) is 2.44. The number of alkyl halides is 3. The Bertz CT molecular complexity index is 687. The first-order chi connectivity index (χ1) is 10.9. The van der Waals surface area contributed by atoms with E-state index in [1.807, 2.05) is 0 Å². The van der Waals surface area contributed by atoms with Crippen molar-refractivity contribution in [3.05, 3.63) is 60.4 Å². The molecule has 0 fully saturated rings. The standard InChI is InChI=1S/C16H13F3N2OS/c17-16(18,19)11-23-14-6-2-1-5-13(14)21-15(22)8-7-12-4-3-9-20-10-12/h1-10H,11H2,(H,21,22)/b8-7+. The molecule has 1 amide bonds. The summed E-state index contributed by atoms with van der Waals surface area (Å²) in [6, 6.07) is 9.90. The van der Waals surface area contributed by atoms with E-state index in [9.17, 15) is 18.0 Å². The lowest BCUT2D eigenvalue weighted by Gasteiger charge is -2.10. The number of hydrogen-bond donors (Lipinski definition) is 1. The van der Waals surface area contributed by atoms with Gasteiger partial charge in [0.25, 0.3) is 0 Å². The summed E-state index contributed by atoms with van der Waals surface area (Å²) < 4.78 is 37.0. The molecule has 0 atom stereocenters. The molecule has 3 nitrogen and oxygen atoms in total. The number of nitrogens with zero attached hydrogens (tertiary/aromatic N) is 1. The largest absolute Gasteiger partial charge is 0.398 e. The minimum atomic E-state index is -4.26. The van der Waals surface area contributed by atoms with Crippen molar-refractivity contribution in [3.63, 3.8) is 0 Å². The van der Waals surface area contributed by atoms with E-state index in [0.717, 1.165) is 5.56 Å². The summed E-state index contributed by atoms with van der Waals surface area (Å²) in [6.07, 6.45) is 1.83. The summed E-state index contributed by atoms with van der Waals surface area (Å²) in [6.45, 7) is 0. The zero-order valence-corrected chi connectivity index (χ0v) is 12.7. The van der Waals surface area contributed by atoms with Crippen LogP contribution in [-0.4, -0.2) is 22.8 Å². The maximum Gasteiger partial charge on any atom is 0.398 e. The highest BCUT2D eigenvalue weighted by atomic mass is 32.2.